The van der Waals surface area contributed by atoms with Crippen LogP contribution in [0.25, 0.3) is 0 Å². The molecule has 0 spiro atoms. The summed E-state index contributed by atoms with van der Waals surface area (Å²) >= 11 is 0. The van der Waals surface area contributed by atoms with E-state index in [9.17, 15) is 19.2 Å². The third-order valence-corrected chi connectivity index (χ3v) is 6.41. The van der Waals surface area contributed by atoms with Gasteiger partial charge in [-0.25, -0.2) is 4.79 Å². The molecule has 2 aliphatic carbocycles. The van der Waals surface area contributed by atoms with Gasteiger partial charge in [0.05, 0.1) is 18.9 Å². The highest BCUT2D eigenvalue weighted by Gasteiger charge is 2.62. The lowest BCUT2D eigenvalue weighted by Crippen LogP contribution is -2.45. The molecule has 0 radical (unpaired) electrons. The van der Waals surface area contributed by atoms with Crippen LogP contribution in [0.4, 0.5) is 5.69 Å². The molecule has 3 aliphatic rings. The van der Waals surface area contributed by atoms with Crippen LogP contribution in [0.1, 0.15) is 26.2 Å². The van der Waals surface area contributed by atoms with Crippen LogP contribution in [0.3, 0.4) is 0 Å². The molecule has 3 fully saturated rings. The summed E-state index contributed by atoms with van der Waals surface area (Å²) in [5, 5.41) is 2.61. The van der Waals surface area contributed by atoms with E-state index in [4.69, 9.17) is 9.47 Å². The van der Waals surface area contributed by atoms with Gasteiger partial charge < -0.3 is 14.8 Å². The minimum Gasteiger partial charge on any atom is -0.497 e. The number of rotatable bonds is 6. The second-order valence-corrected chi connectivity index (χ2v) is 7.99. The number of fused-ring (bicyclic) bond motifs is 5. The lowest BCUT2D eigenvalue weighted by molar-refractivity contribution is -0.159. The Morgan fingerprint density at radius 2 is 1.69 bits per heavy atom. The van der Waals surface area contributed by atoms with Gasteiger partial charge in [-0.1, -0.05) is 0 Å². The molecule has 5 atom stereocenters. The highest BCUT2D eigenvalue weighted by atomic mass is 16.5. The Morgan fingerprint density at radius 1 is 1.10 bits per heavy atom. The van der Waals surface area contributed by atoms with Crippen LogP contribution in [0.2, 0.25) is 0 Å². The third kappa shape index (κ3) is 3.36. The zero-order valence-corrected chi connectivity index (χ0v) is 16.4. The smallest absolute Gasteiger partial charge is 0.329 e. The van der Waals surface area contributed by atoms with Crippen molar-refractivity contribution in [2.75, 3.05) is 19.0 Å². The predicted octanol–water partition coefficient (Wildman–Crippen LogP) is 1.60. The highest BCUT2D eigenvalue weighted by molar-refractivity contribution is 6.08. The fourth-order valence-corrected chi connectivity index (χ4v) is 5.05. The number of anilines is 1. The van der Waals surface area contributed by atoms with Crippen molar-refractivity contribution >= 4 is 29.4 Å². The molecule has 1 heterocycles. The average Bonchev–Trinajstić information content (AvgIpc) is 3.40. The number of nitrogens with one attached hydrogen (secondary N) is 1. The number of likely N-dealkylation sites (tertiary alicyclic amines) is 1. The number of benzene rings is 1. The van der Waals surface area contributed by atoms with Crippen molar-refractivity contribution < 1.29 is 28.7 Å². The number of esters is 1. The van der Waals surface area contributed by atoms with E-state index in [1.54, 1.807) is 31.4 Å². The van der Waals surface area contributed by atoms with Crippen molar-refractivity contribution in [3.8, 4) is 5.75 Å². The predicted molar refractivity (Wildman–Crippen MR) is 102 cm³/mol. The number of amides is 3. The maximum atomic E-state index is 12.8. The van der Waals surface area contributed by atoms with Crippen LogP contribution in [-0.4, -0.2) is 48.3 Å². The van der Waals surface area contributed by atoms with Crippen LogP contribution in [0.5, 0.6) is 5.75 Å². The van der Waals surface area contributed by atoms with Crippen molar-refractivity contribution in [2.45, 2.75) is 32.2 Å². The van der Waals surface area contributed by atoms with Gasteiger partial charge in [-0.05, 0) is 62.3 Å². The van der Waals surface area contributed by atoms with Crippen molar-refractivity contribution in [3.05, 3.63) is 24.3 Å². The van der Waals surface area contributed by atoms with E-state index in [0.29, 0.717) is 11.4 Å². The van der Waals surface area contributed by atoms with Gasteiger partial charge in [0.25, 0.3) is 5.91 Å². The first-order valence-corrected chi connectivity index (χ1v) is 9.88. The van der Waals surface area contributed by atoms with E-state index in [1.165, 1.54) is 6.92 Å². The lowest BCUT2D eigenvalue weighted by Gasteiger charge is -2.23. The van der Waals surface area contributed by atoms with Crippen LogP contribution >= 0.6 is 0 Å². The molecule has 3 amide bonds. The number of carbonyl (C=O) groups excluding carboxylic acids is 4. The number of hydrogen-bond acceptors (Lipinski definition) is 6. The van der Waals surface area contributed by atoms with Gasteiger partial charge in [0.2, 0.25) is 11.8 Å². The Kier molecular flexibility index (Phi) is 5.02. The first kappa shape index (κ1) is 19.4. The van der Waals surface area contributed by atoms with Crippen molar-refractivity contribution in [2.24, 2.45) is 23.7 Å². The van der Waals surface area contributed by atoms with Gasteiger partial charge in [-0.15, -0.1) is 0 Å². The van der Waals surface area contributed by atoms with Gasteiger partial charge in [-0.2, -0.15) is 0 Å². The molecule has 29 heavy (non-hydrogen) atoms. The number of hydrogen-bond donors (Lipinski definition) is 1. The summed E-state index contributed by atoms with van der Waals surface area (Å²) in [5.74, 6) is -1.20. The topological polar surface area (TPSA) is 102 Å². The Hall–Kier alpha value is -2.90. The van der Waals surface area contributed by atoms with Crippen LogP contribution < -0.4 is 10.1 Å². The zero-order chi connectivity index (χ0) is 20.7. The molecule has 0 aromatic heterocycles. The normalized spacial score (nSPS) is 28.3. The summed E-state index contributed by atoms with van der Waals surface area (Å²) in [6.45, 7) is 0.978. The average molecular weight is 400 g/mol. The first-order valence-electron chi connectivity index (χ1n) is 9.88. The van der Waals surface area contributed by atoms with Crippen molar-refractivity contribution in [3.63, 3.8) is 0 Å². The van der Waals surface area contributed by atoms with Crippen LogP contribution in [0.15, 0.2) is 24.3 Å². The fraction of sp³-hybridized carbons (Fsp3) is 0.524. The van der Waals surface area contributed by atoms with Gasteiger partial charge in [0.15, 0.2) is 6.61 Å². The van der Waals surface area contributed by atoms with E-state index < -0.39 is 24.5 Å². The van der Waals surface area contributed by atoms with E-state index in [0.717, 1.165) is 24.2 Å². The first-order chi connectivity index (χ1) is 13.9. The molecule has 4 rings (SSSR count). The fourth-order valence-electron chi connectivity index (χ4n) is 5.05. The van der Waals surface area contributed by atoms with Gasteiger partial charge in [0, 0.05) is 5.69 Å². The quantitative estimate of drug-likeness (QED) is 0.575. The van der Waals surface area contributed by atoms with Gasteiger partial charge in [-0.3, -0.25) is 19.3 Å². The van der Waals surface area contributed by atoms with Gasteiger partial charge >= 0.3 is 5.97 Å². The van der Waals surface area contributed by atoms with E-state index >= 15 is 0 Å². The Morgan fingerprint density at radius 3 is 2.24 bits per heavy atom. The van der Waals surface area contributed by atoms with Crippen molar-refractivity contribution in [1.82, 2.24) is 4.90 Å². The SMILES string of the molecule is COc1ccc(NC(=O)COC(=O)[C@H](C)N2C(=O)[C@@H]3[C@@H]4CC[C@@H](C4)[C@@H]3C2=O)cc1. The summed E-state index contributed by atoms with van der Waals surface area (Å²) in [5.41, 5.74) is 0.535. The van der Waals surface area contributed by atoms with E-state index in [1.807, 2.05) is 0 Å². The molecule has 2 saturated carbocycles. The molecule has 1 aromatic rings. The maximum Gasteiger partial charge on any atom is 0.329 e. The molecule has 1 aromatic carbocycles. The summed E-state index contributed by atoms with van der Waals surface area (Å²) in [7, 11) is 1.54. The largest absolute Gasteiger partial charge is 0.497 e. The molecular formula is C21H24N2O6. The Bertz CT molecular complexity index is 823. The summed E-state index contributed by atoms with van der Waals surface area (Å²) in [6, 6.07) is 5.68. The molecule has 8 heteroatoms. The Labute approximate surface area is 168 Å². The van der Waals surface area contributed by atoms with Crippen LogP contribution in [0, 0.1) is 23.7 Å². The molecular weight excluding hydrogens is 376 g/mol. The maximum absolute atomic E-state index is 12.8. The number of carbonyl (C=O) groups is 4. The third-order valence-electron chi connectivity index (χ3n) is 6.41. The summed E-state index contributed by atoms with van der Waals surface area (Å²) < 4.78 is 10.1. The monoisotopic (exact) mass is 400 g/mol. The number of nitrogens with zero attached hydrogens (tertiary/aromatic N) is 1. The molecule has 1 saturated heterocycles. The highest BCUT2D eigenvalue weighted by Crippen LogP contribution is 2.56. The molecule has 8 nitrogen and oxygen atoms in total. The number of ether oxygens (including phenoxy) is 2. The second-order valence-electron chi connectivity index (χ2n) is 7.99. The number of methoxy groups -OCH3 is 1. The second kappa shape index (κ2) is 7.50. The molecule has 0 unspecified atom stereocenters. The van der Waals surface area contributed by atoms with Gasteiger partial charge in [0.1, 0.15) is 11.8 Å². The van der Waals surface area contributed by atoms with Crippen molar-refractivity contribution in [1.29, 1.82) is 0 Å². The molecule has 1 N–H and O–H groups in total. The minimum atomic E-state index is -1.03. The van der Waals surface area contributed by atoms with E-state index in [-0.39, 0.29) is 35.5 Å². The summed E-state index contributed by atoms with van der Waals surface area (Å²) in [6.07, 6.45) is 2.89. The molecule has 1 aliphatic heterocycles. The molecule has 154 valence electrons. The van der Waals surface area contributed by atoms with E-state index in [2.05, 4.69) is 5.32 Å². The molecule has 2 bridgehead atoms. The number of imide groups is 1. The van der Waals surface area contributed by atoms with Crippen LogP contribution in [-0.2, 0) is 23.9 Å². The standard InChI is InChI=1S/C21H24N2O6/c1-11(23-19(25)17-12-3-4-13(9-12)18(17)20(23)26)21(27)29-10-16(24)22-14-5-7-15(28-2)8-6-14/h5-8,11-13,17-18H,3-4,9-10H2,1-2H3,(H,22,24)/t11-,12-,13+,17-,18+/m0/s1. The summed E-state index contributed by atoms with van der Waals surface area (Å²) in [4.78, 5) is 51.0. The minimum absolute atomic E-state index is 0.255. The lowest BCUT2D eigenvalue weighted by atomic mass is 9.81. The zero-order valence-electron chi connectivity index (χ0n) is 16.4. The Balaban J connectivity index is 1.32.